The van der Waals surface area contributed by atoms with Gasteiger partial charge in [0.05, 0.1) is 11.7 Å². The van der Waals surface area contributed by atoms with Crippen LogP contribution in [0.3, 0.4) is 0 Å². The number of aryl methyl sites for hydroxylation is 2. The van der Waals surface area contributed by atoms with E-state index in [-0.39, 0.29) is 11.9 Å². The van der Waals surface area contributed by atoms with Gasteiger partial charge in [0.15, 0.2) is 0 Å². The zero-order valence-electron chi connectivity index (χ0n) is 14.5. The second kappa shape index (κ2) is 6.62. The van der Waals surface area contributed by atoms with Crippen LogP contribution in [0.1, 0.15) is 29.4 Å². The predicted molar refractivity (Wildman–Crippen MR) is 87.6 cm³/mol. The van der Waals surface area contributed by atoms with E-state index in [2.05, 4.69) is 5.10 Å². The molecule has 2 aromatic rings. The molecule has 1 saturated heterocycles. The van der Waals surface area contributed by atoms with E-state index in [4.69, 9.17) is 0 Å². The Bertz CT molecular complexity index is 885. The minimum Gasteiger partial charge on any atom is -0.339 e. The molecule has 3 heterocycles. The molecule has 2 aromatic heterocycles. The van der Waals surface area contributed by atoms with Crippen LogP contribution in [0.5, 0.6) is 0 Å². The fourth-order valence-electron chi connectivity index (χ4n) is 3.31. The van der Waals surface area contributed by atoms with E-state index in [1.807, 2.05) is 24.6 Å². The molecule has 0 radical (unpaired) electrons. The predicted octanol–water partition coefficient (Wildman–Crippen LogP) is 2.15. The number of hydrogen-bond donors (Lipinski definition) is 0. The molecule has 0 N–H and O–H groups in total. The van der Waals surface area contributed by atoms with Crippen LogP contribution in [0, 0.1) is 13.8 Å². The zero-order chi connectivity index (χ0) is 19.1. The van der Waals surface area contributed by atoms with Crippen LogP contribution >= 0.6 is 0 Å². The summed E-state index contributed by atoms with van der Waals surface area (Å²) in [5.74, 6) is -0.379. The molecule has 0 aromatic carbocycles. The van der Waals surface area contributed by atoms with Gasteiger partial charge in [0.2, 0.25) is 5.91 Å². The molecule has 1 aliphatic heterocycles. The largest absolute Gasteiger partial charge is 0.421 e. The van der Waals surface area contributed by atoms with Crippen LogP contribution in [0.2, 0.25) is 0 Å². The Morgan fingerprint density at radius 1 is 1.35 bits per heavy atom. The molecule has 0 bridgehead atoms. The summed E-state index contributed by atoms with van der Waals surface area (Å²) in [5.41, 5.74) is -0.587. The van der Waals surface area contributed by atoms with Crippen molar-refractivity contribution in [2.75, 3.05) is 13.1 Å². The van der Waals surface area contributed by atoms with Crippen molar-refractivity contribution in [1.82, 2.24) is 19.2 Å². The second-order valence-corrected chi connectivity index (χ2v) is 6.51. The summed E-state index contributed by atoms with van der Waals surface area (Å²) in [5, 5.41) is 4.42. The van der Waals surface area contributed by atoms with Crippen molar-refractivity contribution in [2.45, 2.75) is 39.0 Å². The van der Waals surface area contributed by atoms with Crippen molar-refractivity contribution in [1.29, 1.82) is 0 Å². The molecule has 1 unspecified atom stereocenters. The molecule has 0 aliphatic carbocycles. The number of pyridine rings is 1. The number of amides is 1. The first kappa shape index (κ1) is 18.2. The van der Waals surface area contributed by atoms with Gasteiger partial charge in [0.1, 0.15) is 12.1 Å². The zero-order valence-corrected chi connectivity index (χ0v) is 14.5. The Labute approximate surface area is 147 Å². The molecule has 1 aliphatic rings. The Balaban J connectivity index is 1.72. The summed E-state index contributed by atoms with van der Waals surface area (Å²) >= 11 is 0. The minimum atomic E-state index is -4.74. The summed E-state index contributed by atoms with van der Waals surface area (Å²) < 4.78 is 41.2. The average Bonchev–Trinajstić information content (AvgIpc) is 3.14. The fourth-order valence-corrected chi connectivity index (χ4v) is 3.31. The molecule has 1 fully saturated rings. The van der Waals surface area contributed by atoms with Crippen LogP contribution in [-0.4, -0.2) is 38.2 Å². The number of halogens is 3. The van der Waals surface area contributed by atoms with Gasteiger partial charge in [-0.15, -0.1) is 0 Å². The van der Waals surface area contributed by atoms with E-state index in [9.17, 15) is 22.8 Å². The monoisotopic (exact) mass is 368 g/mol. The van der Waals surface area contributed by atoms with Crippen LogP contribution in [0.15, 0.2) is 29.2 Å². The van der Waals surface area contributed by atoms with Gasteiger partial charge in [-0.05, 0) is 38.5 Å². The number of carbonyl (C=O) groups excluding carboxylic acids is 1. The molecule has 140 valence electrons. The number of nitrogens with zero attached hydrogens (tertiary/aromatic N) is 4. The minimum absolute atomic E-state index is 0.0332. The van der Waals surface area contributed by atoms with E-state index >= 15 is 0 Å². The maximum atomic E-state index is 12.8. The van der Waals surface area contributed by atoms with E-state index in [0.717, 1.165) is 28.1 Å². The number of aromatic nitrogens is 3. The van der Waals surface area contributed by atoms with Gasteiger partial charge in [-0.1, -0.05) is 0 Å². The van der Waals surface area contributed by atoms with Gasteiger partial charge in [-0.25, -0.2) is 0 Å². The average molecular weight is 368 g/mol. The molecule has 6 nitrogen and oxygen atoms in total. The molecule has 3 rings (SSSR count). The van der Waals surface area contributed by atoms with Crippen molar-refractivity contribution in [3.8, 4) is 0 Å². The quantitative estimate of drug-likeness (QED) is 0.834. The topological polar surface area (TPSA) is 60.1 Å². The van der Waals surface area contributed by atoms with Gasteiger partial charge < -0.3 is 9.47 Å². The number of likely N-dealkylation sites (tertiary alicyclic amines) is 1. The SMILES string of the molecule is Cc1cc(C)n(C2CCN(C(=O)Cn3cccc(C(F)(F)F)c3=O)C2)n1. The third-order valence-electron chi connectivity index (χ3n) is 4.54. The lowest BCUT2D eigenvalue weighted by Gasteiger charge is -2.18. The Kier molecular flexibility index (Phi) is 4.64. The summed E-state index contributed by atoms with van der Waals surface area (Å²) in [6.45, 7) is 4.32. The Morgan fingerprint density at radius 2 is 2.08 bits per heavy atom. The highest BCUT2D eigenvalue weighted by molar-refractivity contribution is 5.76. The third-order valence-corrected chi connectivity index (χ3v) is 4.54. The third kappa shape index (κ3) is 3.51. The molecule has 0 spiro atoms. The molecule has 9 heteroatoms. The Hall–Kier alpha value is -2.58. The van der Waals surface area contributed by atoms with Crippen molar-refractivity contribution >= 4 is 5.91 Å². The maximum Gasteiger partial charge on any atom is 0.421 e. The van der Waals surface area contributed by atoms with E-state index in [1.54, 1.807) is 4.90 Å². The second-order valence-electron chi connectivity index (χ2n) is 6.51. The molecule has 0 saturated carbocycles. The lowest BCUT2D eigenvalue weighted by atomic mass is 10.2. The highest BCUT2D eigenvalue weighted by Crippen LogP contribution is 2.26. The maximum absolute atomic E-state index is 12.8. The smallest absolute Gasteiger partial charge is 0.339 e. The molecule has 1 amide bonds. The number of rotatable bonds is 3. The fraction of sp³-hybridized carbons (Fsp3) is 0.471. The summed E-state index contributed by atoms with van der Waals surface area (Å²) in [4.78, 5) is 26.0. The first-order chi connectivity index (χ1) is 12.2. The molecular formula is C17H19F3N4O2. The molecule has 1 atom stereocenters. The summed E-state index contributed by atoms with van der Waals surface area (Å²) in [6.07, 6.45) is -2.83. The summed E-state index contributed by atoms with van der Waals surface area (Å²) in [6, 6.07) is 3.83. The van der Waals surface area contributed by atoms with Crippen molar-refractivity contribution in [3.05, 3.63) is 51.7 Å². The number of alkyl halides is 3. The van der Waals surface area contributed by atoms with Gasteiger partial charge in [-0.2, -0.15) is 18.3 Å². The van der Waals surface area contributed by atoms with E-state index < -0.39 is 23.8 Å². The lowest BCUT2D eigenvalue weighted by Crippen LogP contribution is -2.37. The lowest BCUT2D eigenvalue weighted by molar-refractivity contribution is -0.139. The van der Waals surface area contributed by atoms with E-state index in [1.165, 1.54) is 6.20 Å². The first-order valence-electron chi connectivity index (χ1n) is 8.24. The van der Waals surface area contributed by atoms with Gasteiger partial charge in [0.25, 0.3) is 5.56 Å². The van der Waals surface area contributed by atoms with Gasteiger partial charge in [0, 0.05) is 25.0 Å². The molecular weight excluding hydrogens is 349 g/mol. The molecule has 26 heavy (non-hydrogen) atoms. The standard InChI is InChI=1S/C17H19F3N4O2/c1-11-8-12(2)24(21-11)13-5-7-22(9-13)15(25)10-23-6-3-4-14(16(23)26)17(18,19)20/h3-4,6,8,13H,5,7,9-10H2,1-2H3. The number of hydrogen-bond acceptors (Lipinski definition) is 3. The van der Waals surface area contributed by atoms with Gasteiger partial charge >= 0.3 is 6.18 Å². The van der Waals surface area contributed by atoms with Crippen molar-refractivity contribution in [2.24, 2.45) is 0 Å². The van der Waals surface area contributed by atoms with Crippen LogP contribution in [0.4, 0.5) is 13.2 Å². The highest BCUT2D eigenvalue weighted by Gasteiger charge is 2.35. The van der Waals surface area contributed by atoms with Crippen molar-refractivity contribution in [3.63, 3.8) is 0 Å². The summed E-state index contributed by atoms with van der Waals surface area (Å²) in [7, 11) is 0. The number of carbonyl (C=O) groups is 1. The van der Waals surface area contributed by atoms with Crippen LogP contribution in [-0.2, 0) is 17.5 Å². The van der Waals surface area contributed by atoms with Crippen LogP contribution < -0.4 is 5.56 Å². The Morgan fingerprint density at radius 3 is 2.69 bits per heavy atom. The highest BCUT2D eigenvalue weighted by atomic mass is 19.4. The van der Waals surface area contributed by atoms with Crippen molar-refractivity contribution < 1.29 is 18.0 Å². The normalized spacial score (nSPS) is 17.7. The van der Waals surface area contributed by atoms with Crippen LogP contribution in [0.25, 0.3) is 0 Å². The van der Waals surface area contributed by atoms with E-state index in [0.29, 0.717) is 19.5 Å². The van der Waals surface area contributed by atoms with Gasteiger partial charge in [-0.3, -0.25) is 14.3 Å². The first-order valence-corrected chi connectivity index (χ1v) is 8.24.